The van der Waals surface area contributed by atoms with Gasteiger partial charge in [-0.05, 0) is 43.2 Å². The van der Waals surface area contributed by atoms with Crippen LogP contribution in [0.25, 0.3) is 10.2 Å². The smallest absolute Gasteiger partial charge is 0.264 e. The number of hydrogen-bond donors (Lipinski definition) is 1. The van der Waals surface area contributed by atoms with Gasteiger partial charge in [-0.15, -0.1) is 0 Å². The number of hydrogen-bond acceptors (Lipinski definition) is 5. The van der Waals surface area contributed by atoms with Crippen LogP contribution in [0.3, 0.4) is 0 Å². The predicted octanol–water partition coefficient (Wildman–Crippen LogP) is 4.27. The Morgan fingerprint density at radius 2 is 2.00 bits per heavy atom. The van der Waals surface area contributed by atoms with Crippen molar-refractivity contribution in [3.63, 3.8) is 0 Å². The molecule has 0 fully saturated rings. The zero-order valence-electron chi connectivity index (χ0n) is 14.2. The molecule has 25 heavy (non-hydrogen) atoms. The number of fused-ring (bicyclic) bond motifs is 1. The maximum atomic E-state index is 12.1. The van der Waals surface area contributed by atoms with Crippen molar-refractivity contribution in [3.8, 4) is 11.5 Å². The minimum Gasteiger partial charge on any atom is -0.494 e. The average Bonchev–Trinajstić information content (AvgIpc) is 3.02. The highest BCUT2D eigenvalue weighted by molar-refractivity contribution is 7.22. The summed E-state index contributed by atoms with van der Waals surface area (Å²) in [5.74, 6) is 1.32. The van der Waals surface area contributed by atoms with Gasteiger partial charge in [0.1, 0.15) is 11.5 Å². The van der Waals surface area contributed by atoms with Gasteiger partial charge in [0.05, 0.1) is 16.8 Å². The normalized spacial score (nSPS) is 10.6. The molecule has 6 heteroatoms. The zero-order chi connectivity index (χ0) is 17.6. The predicted molar refractivity (Wildman–Crippen MR) is 101 cm³/mol. The highest BCUT2D eigenvalue weighted by Crippen LogP contribution is 2.29. The largest absolute Gasteiger partial charge is 0.494 e. The SMILES string of the molecule is CCOc1ccc2nc(NC(=O)COc3ccccc3CC)sc2c1. The molecule has 1 aromatic heterocycles. The van der Waals surface area contributed by atoms with Crippen LogP contribution in [-0.4, -0.2) is 24.1 Å². The number of aryl methyl sites for hydroxylation is 1. The van der Waals surface area contributed by atoms with Gasteiger partial charge < -0.3 is 9.47 Å². The molecule has 3 rings (SSSR count). The molecule has 1 heterocycles. The van der Waals surface area contributed by atoms with Gasteiger partial charge in [0.25, 0.3) is 5.91 Å². The van der Waals surface area contributed by atoms with Crippen molar-refractivity contribution in [1.29, 1.82) is 0 Å². The van der Waals surface area contributed by atoms with E-state index in [-0.39, 0.29) is 12.5 Å². The van der Waals surface area contributed by atoms with Gasteiger partial charge in [-0.25, -0.2) is 4.98 Å². The van der Waals surface area contributed by atoms with Crippen LogP contribution < -0.4 is 14.8 Å². The molecule has 5 nitrogen and oxygen atoms in total. The highest BCUT2D eigenvalue weighted by Gasteiger charge is 2.10. The van der Waals surface area contributed by atoms with E-state index in [2.05, 4.69) is 17.2 Å². The molecule has 0 radical (unpaired) electrons. The number of nitrogens with one attached hydrogen (secondary N) is 1. The van der Waals surface area contributed by atoms with E-state index in [4.69, 9.17) is 9.47 Å². The quantitative estimate of drug-likeness (QED) is 0.686. The standard InChI is InChI=1S/C19H20N2O3S/c1-3-13-7-5-6-8-16(13)24-12-18(22)21-19-20-15-10-9-14(23-4-2)11-17(15)25-19/h5-11H,3-4,12H2,1-2H3,(H,20,21,22). The molecule has 0 atom stereocenters. The Bertz CT molecular complexity index is 876. The summed E-state index contributed by atoms with van der Waals surface area (Å²) in [4.78, 5) is 16.6. The van der Waals surface area contributed by atoms with Gasteiger partial charge in [0.15, 0.2) is 11.7 Å². The Hall–Kier alpha value is -2.60. The molecule has 130 valence electrons. The van der Waals surface area contributed by atoms with Gasteiger partial charge in [-0.3, -0.25) is 10.1 Å². The van der Waals surface area contributed by atoms with Gasteiger partial charge in [0, 0.05) is 0 Å². The second kappa shape index (κ2) is 7.98. The first-order valence-electron chi connectivity index (χ1n) is 8.23. The van der Waals surface area contributed by atoms with Crippen LogP contribution in [0.4, 0.5) is 5.13 Å². The molecule has 0 aliphatic rings. The lowest BCUT2D eigenvalue weighted by Gasteiger charge is -2.09. The second-order valence-electron chi connectivity index (χ2n) is 5.38. The first kappa shape index (κ1) is 17.2. The first-order valence-corrected chi connectivity index (χ1v) is 9.05. The Balaban J connectivity index is 1.63. The molecule has 1 N–H and O–H groups in total. The van der Waals surface area contributed by atoms with E-state index >= 15 is 0 Å². The molecule has 0 unspecified atom stereocenters. The van der Waals surface area contributed by atoms with Crippen molar-refractivity contribution in [2.75, 3.05) is 18.5 Å². The van der Waals surface area contributed by atoms with Crippen molar-refractivity contribution in [2.45, 2.75) is 20.3 Å². The monoisotopic (exact) mass is 356 g/mol. The summed E-state index contributed by atoms with van der Waals surface area (Å²) in [6.07, 6.45) is 0.859. The number of thiazole rings is 1. The molecule has 0 aliphatic carbocycles. The summed E-state index contributed by atoms with van der Waals surface area (Å²) < 4.78 is 12.1. The lowest BCUT2D eigenvalue weighted by molar-refractivity contribution is -0.118. The maximum Gasteiger partial charge on any atom is 0.264 e. The molecule has 2 aromatic carbocycles. The number of anilines is 1. The summed E-state index contributed by atoms with van der Waals surface area (Å²) in [6, 6.07) is 13.4. The summed E-state index contributed by atoms with van der Waals surface area (Å²) in [7, 11) is 0. The van der Waals surface area contributed by atoms with Crippen LogP contribution in [0.2, 0.25) is 0 Å². The van der Waals surface area contributed by atoms with Gasteiger partial charge in [-0.1, -0.05) is 36.5 Å². The zero-order valence-corrected chi connectivity index (χ0v) is 15.1. The van der Waals surface area contributed by atoms with Crippen LogP contribution in [0.5, 0.6) is 11.5 Å². The topological polar surface area (TPSA) is 60.5 Å². The Labute approximate surface area is 150 Å². The summed E-state index contributed by atoms with van der Waals surface area (Å²) in [6.45, 7) is 4.57. The molecule has 0 saturated carbocycles. The first-order chi connectivity index (χ1) is 12.2. The van der Waals surface area contributed by atoms with Crippen LogP contribution in [0.15, 0.2) is 42.5 Å². The molecule has 0 spiro atoms. The van der Waals surface area contributed by atoms with Crippen LogP contribution in [0, 0.1) is 0 Å². The fourth-order valence-corrected chi connectivity index (χ4v) is 3.36. The fraction of sp³-hybridized carbons (Fsp3) is 0.263. The third kappa shape index (κ3) is 4.28. The van der Waals surface area contributed by atoms with E-state index in [1.165, 1.54) is 11.3 Å². The van der Waals surface area contributed by atoms with E-state index in [9.17, 15) is 4.79 Å². The molecular formula is C19H20N2O3S. The van der Waals surface area contributed by atoms with Gasteiger partial charge in [-0.2, -0.15) is 0 Å². The molecule has 3 aromatic rings. The average molecular weight is 356 g/mol. The highest BCUT2D eigenvalue weighted by atomic mass is 32.1. The molecule has 0 aliphatic heterocycles. The third-order valence-corrected chi connectivity index (χ3v) is 4.56. The van der Waals surface area contributed by atoms with Crippen molar-refractivity contribution >= 4 is 32.6 Å². The summed E-state index contributed by atoms with van der Waals surface area (Å²) in [5.41, 5.74) is 1.92. The van der Waals surface area contributed by atoms with E-state index in [0.29, 0.717) is 11.7 Å². The van der Waals surface area contributed by atoms with E-state index in [1.54, 1.807) is 0 Å². The second-order valence-corrected chi connectivity index (χ2v) is 6.41. The number of para-hydroxylation sites is 1. The van der Waals surface area contributed by atoms with Gasteiger partial charge in [0.2, 0.25) is 0 Å². The number of carbonyl (C=O) groups is 1. The summed E-state index contributed by atoms with van der Waals surface area (Å²) in [5, 5.41) is 3.35. The van der Waals surface area contributed by atoms with Crippen LogP contribution in [-0.2, 0) is 11.2 Å². The van der Waals surface area contributed by atoms with E-state index in [1.807, 2.05) is 49.4 Å². The molecule has 1 amide bonds. The number of rotatable bonds is 7. The third-order valence-electron chi connectivity index (χ3n) is 3.63. The van der Waals surface area contributed by atoms with Crippen molar-refractivity contribution < 1.29 is 14.3 Å². The van der Waals surface area contributed by atoms with E-state index < -0.39 is 0 Å². The van der Waals surface area contributed by atoms with Crippen molar-refractivity contribution in [3.05, 3.63) is 48.0 Å². The number of aromatic nitrogens is 1. The van der Waals surface area contributed by atoms with E-state index in [0.717, 1.165) is 33.7 Å². The van der Waals surface area contributed by atoms with Crippen molar-refractivity contribution in [2.24, 2.45) is 0 Å². The minimum absolute atomic E-state index is 0.0445. The molecule has 0 bridgehead atoms. The Morgan fingerprint density at radius 1 is 1.16 bits per heavy atom. The number of nitrogens with zero attached hydrogens (tertiary/aromatic N) is 1. The molecule has 0 saturated heterocycles. The lowest BCUT2D eigenvalue weighted by Crippen LogP contribution is -2.20. The fourth-order valence-electron chi connectivity index (χ4n) is 2.45. The maximum absolute atomic E-state index is 12.1. The Morgan fingerprint density at radius 3 is 2.80 bits per heavy atom. The lowest BCUT2D eigenvalue weighted by atomic mass is 10.1. The molecular weight excluding hydrogens is 336 g/mol. The van der Waals surface area contributed by atoms with Crippen LogP contribution >= 0.6 is 11.3 Å². The number of carbonyl (C=O) groups excluding carboxylic acids is 1. The Kier molecular flexibility index (Phi) is 5.50. The van der Waals surface area contributed by atoms with Crippen molar-refractivity contribution in [1.82, 2.24) is 4.98 Å². The minimum atomic E-state index is -0.227. The van der Waals surface area contributed by atoms with Gasteiger partial charge >= 0.3 is 0 Å². The summed E-state index contributed by atoms with van der Waals surface area (Å²) >= 11 is 1.42. The number of amides is 1. The van der Waals surface area contributed by atoms with Crippen LogP contribution in [0.1, 0.15) is 19.4 Å². The number of benzene rings is 2. The number of ether oxygens (including phenoxy) is 2.